The van der Waals surface area contributed by atoms with Gasteiger partial charge in [0.1, 0.15) is 23.4 Å². The molecule has 1 aromatic heterocycles. The van der Waals surface area contributed by atoms with Crippen molar-refractivity contribution in [2.24, 2.45) is 0 Å². The van der Waals surface area contributed by atoms with Crippen LogP contribution in [0.3, 0.4) is 0 Å². The van der Waals surface area contributed by atoms with Crippen molar-refractivity contribution < 1.29 is 14.6 Å². The molecule has 0 unspecified atom stereocenters. The van der Waals surface area contributed by atoms with Crippen LogP contribution in [0.2, 0.25) is 0 Å². The number of hydrogen-bond donors (Lipinski definition) is 2. The molecule has 0 radical (unpaired) electrons. The van der Waals surface area contributed by atoms with Crippen molar-refractivity contribution in [3.63, 3.8) is 0 Å². The third kappa shape index (κ3) is 4.41. The number of ether oxygens (including phenoxy) is 1. The van der Waals surface area contributed by atoms with Gasteiger partial charge in [0.25, 0.3) is 0 Å². The molecule has 132 valence electrons. The topological polar surface area (TPSA) is 74.7 Å². The summed E-state index contributed by atoms with van der Waals surface area (Å²) in [5.41, 5.74) is 1.05. The number of benzene rings is 1. The summed E-state index contributed by atoms with van der Waals surface area (Å²) in [6.07, 6.45) is 2.49. The highest BCUT2D eigenvalue weighted by molar-refractivity contribution is 5.73. The average molecular weight is 341 g/mol. The van der Waals surface area contributed by atoms with Crippen molar-refractivity contribution in [3.05, 3.63) is 48.2 Å². The lowest BCUT2D eigenvalue weighted by Crippen LogP contribution is -2.25. The van der Waals surface area contributed by atoms with Crippen molar-refractivity contribution in [1.29, 1.82) is 0 Å². The van der Waals surface area contributed by atoms with E-state index < -0.39 is 0 Å². The number of aromatic hydroxyl groups is 1. The lowest BCUT2D eigenvalue weighted by Gasteiger charge is -2.18. The van der Waals surface area contributed by atoms with Gasteiger partial charge in [-0.25, -0.2) is 4.98 Å². The average Bonchev–Trinajstić information content (AvgIpc) is 3.04. The van der Waals surface area contributed by atoms with Crippen LogP contribution in [0.15, 0.2) is 42.6 Å². The van der Waals surface area contributed by atoms with Crippen LogP contribution in [-0.4, -0.2) is 35.2 Å². The number of nitrogens with one attached hydrogen (secondary N) is 1. The maximum Gasteiger partial charge on any atom is 0.217 e. The molecule has 25 heavy (non-hydrogen) atoms. The second-order valence-electron chi connectivity index (χ2n) is 6.34. The molecule has 1 aliphatic heterocycles. The quantitative estimate of drug-likeness (QED) is 0.874. The van der Waals surface area contributed by atoms with Crippen LogP contribution in [0.4, 0.5) is 5.82 Å². The fourth-order valence-electron chi connectivity index (χ4n) is 3.01. The van der Waals surface area contributed by atoms with E-state index in [1.54, 1.807) is 6.07 Å². The predicted octanol–water partition coefficient (Wildman–Crippen LogP) is 2.64. The maximum absolute atomic E-state index is 11.1. The summed E-state index contributed by atoms with van der Waals surface area (Å²) in [4.78, 5) is 17.5. The third-order valence-corrected chi connectivity index (χ3v) is 4.30. The van der Waals surface area contributed by atoms with Gasteiger partial charge in [-0.1, -0.05) is 12.1 Å². The molecule has 2 aromatic rings. The van der Waals surface area contributed by atoms with Gasteiger partial charge in [0.15, 0.2) is 0 Å². The van der Waals surface area contributed by atoms with Crippen LogP contribution in [0.1, 0.15) is 31.9 Å². The molecule has 1 aromatic carbocycles. The molecule has 6 heteroatoms. The Morgan fingerprint density at radius 1 is 1.32 bits per heavy atom. The highest BCUT2D eigenvalue weighted by Crippen LogP contribution is 2.24. The maximum atomic E-state index is 11.1. The third-order valence-electron chi connectivity index (χ3n) is 4.30. The minimum Gasteiger partial charge on any atom is -0.506 e. The molecule has 0 bridgehead atoms. The van der Waals surface area contributed by atoms with E-state index in [0.29, 0.717) is 0 Å². The predicted molar refractivity (Wildman–Crippen MR) is 95.8 cm³/mol. The van der Waals surface area contributed by atoms with Gasteiger partial charge in [-0.05, 0) is 36.8 Å². The lowest BCUT2D eigenvalue weighted by molar-refractivity contribution is -0.119. The summed E-state index contributed by atoms with van der Waals surface area (Å²) in [5.74, 6) is 1.80. The second kappa shape index (κ2) is 7.42. The van der Waals surface area contributed by atoms with Crippen LogP contribution in [-0.2, 0) is 4.79 Å². The van der Waals surface area contributed by atoms with Crippen molar-refractivity contribution in [3.8, 4) is 11.5 Å². The number of aromatic nitrogens is 1. The van der Waals surface area contributed by atoms with Crippen LogP contribution < -0.4 is 15.0 Å². The minimum atomic E-state index is -0.0401. The first kappa shape index (κ1) is 17.1. The highest BCUT2D eigenvalue weighted by Gasteiger charge is 2.25. The number of anilines is 1. The van der Waals surface area contributed by atoms with Crippen molar-refractivity contribution in [2.75, 3.05) is 18.0 Å². The van der Waals surface area contributed by atoms with Gasteiger partial charge in [-0.15, -0.1) is 0 Å². The molecular formula is C19H23N3O3. The molecule has 0 aliphatic carbocycles. The van der Waals surface area contributed by atoms with E-state index in [1.807, 2.05) is 37.3 Å². The van der Waals surface area contributed by atoms with Crippen LogP contribution in [0.5, 0.6) is 11.5 Å². The zero-order valence-electron chi connectivity index (χ0n) is 14.5. The Kier molecular flexibility index (Phi) is 5.07. The Bertz CT molecular complexity index is 716. The number of hydrogen-bond acceptors (Lipinski definition) is 5. The first-order chi connectivity index (χ1) is 12.0. The second-order valence-corrected chi connectivity index (χ2v) is 6.34. The molecule has 0 saturated carbocycles. The van der Waals surface area contributed by atoms with E-state index in [2.05, 4.69) is 15.2 Å². The molecule has 1 saturated heterocycles. The highest BCUT2D eigenvalue weighted by atomic mass is 16.5. The lowest BCUT2D eigenvalue weighted by atomic mass is 10.1. The monoisotopic (exact) mass is 341 g/mol. The Morgan fingerprint density at radius 2 is 2.08 bits per heavy atom. The molecule has 3 rings (SSSR count). The van der Waals surface area contributed by atoms with Gasteiger partial charge in [0.05, 0.1) is 18.8 Å². The molecule has 2 N–H and O–H groups in total. The smallest absolute Gasteiger partial charge is 0.217 e. The number of carbonyl (C=O) groups excluding carboxylic acids is 1. The van der Waals surface area contributed by atoms with E-state index in [4.69, 9.17) is 4.74 Å². The van der Waals surface area contributed by atoms with E-state index >= 15 is 0 Å². The largest absolute Gasteiger partial charge is 0.506 e. The number of amides is 1. The molecule has 1 aliphatic rings. The number of pyridine rings is 1. The van der Waals surface area contributed by atoms with Gasteiger partial charge in [0.2, 0.25) is 5.91 Å². The van der Waals surface area contributed by atoms with Crippen molar-refractivity contribution >= 4 is 11.7 Å². The summed E-state index contributed by atoms with van der Waals surface area (Å²) >= 11 is 0. The zero-order chi connectivity index (χ0) is 17.8. The zero-order valence-corrected chi connectivity index (χ0v) is 14.5. The number of rotatable bonds is 5. The molecule has 1 fully saturated rings. The van der Waals surface area contributed by atoms with Gasteiger partial charge >= 0.3 is 0 Å². The van der Waals surface area contributed by atoms with Crippen LogP contribution >= 0.6 is 0 Å². The number of nitrogens with zero attached hydrogens (tertiary/aromatic N) is 2. The van der Waals surface area contributed by atoms with E-state index in [0.717, 1.165) is 36.6 Å². The summed E-state index contributed by atoms with van der Waals surface area (Å²) in [5, 5.41) is 12.2. The standard InChI is InChI=1S/C19H23N3O3/c1-13(21-14(2)23)15-3-6-17(7-4-15)25-18-9-10-22(12-18)19-8-5-16(24)11-20-19/h3-8,11,13,18,24H,9-10,12H2,1-2H3,(H,21,23)/t13-,18+/m0/s1. The summed E-state index contributed by atoms with van der Waals surface area (Å²) in [7, 11) is 0. The number of carbonyl (C=O) groups is 1. The molecule has 2 heterocycles. The molecule has 1 amide bonds. The van der Waals surface area contributed by atoms with Gasteiger partial charge < -0.3 is 20.1 Å². The summed E-state index contributed by atoms with van der Waals surface area (Å²) in [6.45, 7) is 5.11. The summed E-state index contributed by atoms with van der Waals surface area (Å²) < 4.78 is 6.06. The van der Waals surface area contributed by atoms with Crippen LogP contribution in [0.25, 0.3) is 0 Å². The Balaban J connectivity index is 1.56. The molecular weight excluding hydrogens is 318 g/mol. The fraction of sp³-hybridized carbons (Fsp3) is 0.368. The Labute approximate surface area is 147 Å². The van der Waals surface area contributed by atoms with E-state index in [-0.39, 0.29) is 23.8 Å². The van der Waals surface area contributed by atoms with E-state index in [1.165, 1.54) is 13.1 Å². The first-order valence-electron chi connectivity index (χ1n) is 8.45. The molecule has 0 spiro atoms. The first-order valence-corrected chi connectivity index (χ1v) is 8.45. The van der Waals surface area contributed by atoms with Gasteiger partial charge in [-0.3, -0.25) is 4.79 Å². The summed E-state index contributed by atoms with van der Waals surface area (Å²) in [6, 6.07) is 11.3. The Morgan fingerprint density at radius 3 is 2.72 bits per heavy atom. The normalized spacial score (nSPS) is 18.0. The van der Waals surface area contributed by atoms with Crippen molar-refractivity contribution in [1.82, 2.24) is 10.3 Å². The van der Waals surface area contributed by atoms with E-state index in [9.17, 15) is 9.90 Å². The van der Waals surface area contributed by atoms with Crippen molar-refractivity contribution in [2.45, 2.75) is 32.4 Å². The van der Waals surface area contributed by atoms with Crippen LogP contribution in [0, 0.1) is 0 Å². The van der Waals surface area contributed by atoms with Gasteiger partial charge in [0, 0.05) is 19.9 Å². The molecule has 6 nitrogen and oxygen atoms in total. The fourth-order valence-corrected chi connectivity index (χ4v) is 3.01. The Hall–Kier alpha value is -2.76. The molecule has 2 atom stereocenters. The van der Waals surface area contributed by atoms with Gasteiger partial charge in [-0.2, -0.15) is 0 Å². The minimum absolute atomic E-state index is 0.0194. The SMILES string of the molecule is CC(=O)N[C@@H](C)c1ccc(O[C@@H]2CCN(c3ccc(O)cn3)C2)cc1.